The summed E-state index contributed by atoms with van der Waals surface area (Å²) in [5, 5.41) is 12.5. The number of amides is 1. The molecule has 0 aliphatic heterocycles. The molecule has 2 rings (SSSR count). The van der Waals surface area contributed by atoms with E-state index in [2.05, 4.69) is 5.32 Å². The zero-order valence-electron chi connectivity index (χ0n) is 10.6. The molecule has 98 valence electrons. The highest BCUT2D eigenvalue weighted by atomic mass is 16.3. The van der Waals surface area contributed by atoms with Gasteiger partial charge in [-0.05, 0) is 24.6 Å². The Morgan fingerprint density at radius 2 is 1.89 bits per heavy atom. The number of rotatable bonds is 2. The lowest BCUT2D eigenvalue weighted by molar-refractivity contribution is -0.0689. The van der Waals surface area contributed by atoms with Crippen LogP contribution < -0.4 is 16.8 Å². The van der Waals surface area contributed by atoms with Crippen LogP contribution in [0.25, 0.3) is 0 Å². The minimum atomic E-state index is -0.367. The molecule has 2 atom stereocenters. The van der Waals surface area contributed by atoms with Gasteiger partial charge in [-0.15, -0.1) is 0 Å². The van der Waals surface area contributed by atoms with Crippen LogP contribution in [-0.4, -0.2) is 23.2 Å². The van der Waals surface area contributed by atoms with Gasteiger partial charge in [0, 0.05) is 28.4 Å². The minimum absolute atomic E-state index is 0.0253. The summed E-state index contributed by atoms with van der Waals surface area (Å²) < 4.78 is 0. The second-order valence-corrected chi connectivity index (χ2v) is 5.49. The lowest BCUT2D eigenvalue weighted by atomic mass is 9.64. The molecule has 1 aliphatic carbocycles. The maximum atomic E-state index is 12.0. The first-order chi connectivity index (χ1) is 8.30. The Morgan fingerprint density at radius 3 is 2.33 bits per heavy atom. The SMILES string of the molecule is CC1(C)C(O)CC1NC(=O)c1cc(N)cc(N)c1. The molecule has 0 heterocycles. The summed E-state index contributed by atoms with van der Waals surface area (Å²) in [7, 11) is 0. The number of nitrogens with one attached hydrogen (secondary N) is 1. The van der Waals surface area contributed by atoms with E-state index in [-0.39, 0.29) is 23.5 Å². The van der Waals surface area contributed by atoms with Crippen LogP contribution in [-0.2, 0) is 0 Å². The maximum Gasteiger partial charge on any atom is 0.251 e. The summed E-state index contributed by atoms with van der Waals surface area (Å²) in [5.74, 6) is -0.209. The summed E-state index contributed by atoms with van der Waals surface area (Å²) in [6.07, 6.45) is 0.213. The first-order valence-corrected chi connectivity index (χ1v) is 5.95. The Morgan fingerprint density at radius 1 is 1.33 bits per heavy atom. The quantitative estimate of drug-likeness (QED) is 0.581. The Bertz CT molecular complexity index is 465. The second-order valence-electron chi connectivity index (χ2n) is 5.49. The molecule has 0 bridgehead atoms. The van der Waals surface area contributed by atoms with Crippen molar-refractivity contribution in [1.82, 2.24) is 5.32 Å². The van der Waals surface area contributed by atoms with Crippen LogP contribution in [0.1, 0.15) is 30.6 Å². The number of aliphatic hydroxyl groups excluding tert-OH is 1. The third kappa shape index (κ3) is 2.13. The van der Waals surface area contributed by atoms with Crippen molar-refractivity contribution in [3.8, 4) is 0 Å². The molecular formula is C13H19N3O2. The van der Waals surface area contributed by atoms with Gasteiger partial charge in [0.05, 0.1) is 6.10 Å². The molecule has 5 nitrogen and oxygen atoms in total. The zero-order chi connectivity index (χ0) is 13.5. The Labute approximate surface area is 106 Å². The van der Waals surface area contributed by atoms with Gasteiger partial charge in [0.25, 0.3) is 5.91 Å². The zero-order valence-corrected chi connectivity index (χ0v) is 10.6. The molecule has 2 unspecified atom stereocenters. The van der Waals surface area contributed by atoms with Gasteiger partial charge in [-0.3, -0.25) is 4.79 Å². The normalized spacial score (nSPS) is 25.3. The molecule has 0 spiro atoms. The average Bonchev–Trinajstić information content (AvgIpc) is 2.27. The molecular weight excluding hydrogens is 230 g/mol. The number of nitrogen functional groups attached to an aromatic ring is 2. The van der Waals surface area contributed by atoms with E-state index in [0.29, 0.717) is 23.4 Å². The molecule has 1 aromatic rings. The third-order valence-corrected chi connectivity index (χ3v) is 3.76. The molecule has 1 aromatic carbocycles. The van der Waals surface area contributed by atoms with Gasteiger partial charge in [0.2, 0.25) is 0 Å². The smallest absolute Gasteiger partial charge is 0.251 e. The van der Waals surface area contributed by atoms with Gasteiger partial charge in [-0.25, -0.2) is 0 Å². The molecule has 0 radical (unpaired) electrons. The fourth-order valence-electron chi connectivity index (χ4n) is 2.20. The maximum absolute atomic E-state index is 12.0. The van der Waals surface area contributed by atoms with E-state index in [1.165, 1.54) is 0 Å². The van der Waals surface area contributed by atoms with E-state index in [1.807, 2.05) is 13.8 Å². The lowest BCUT2D eigenvalue weighted by Crippen LogP contribution is -2.61. The number of benzene rings is 1. The topological polar surface area (TPSA) is 101 Å². The van der Waals surface area contributed by atoms with E-state index in [4.69, 9.17) is 11.5 Å². The first-order valence-electron chi connectivity index (χ1n) is 5.95. The molecule has 1 amide bonds. The fourth-order valence-corrected chi connectivity index (χ4v) is 2.20. The number of nitrogens with two attached hydrogens (primary N) is 2. The van der Waals surface area contributed by atoms with Gasteiger partial charge < -0.3 is 21.9 Å². The molecule has 5 heteroatoms. The van der Waals surface area contributed by atoms with Crippen LogP contribution in [0.5, 0.6) is 0 Å². The standard InChI is InChI=1S/C13H19N3O2/c1-13(2)10(6-11(13)17)16-12(18)7-3-8(14)5-9(15)4-7/h3-5,10-11,17H,6,14-15H2,1-2H3,(H,16,18). The minimum Gasteiger partial charge on any atom is -0.399 e. The highest BCUT2D eigenvalue weighted by molar-refractivity contribution is 5.96. The van der Waals surface area contributed by atoms with Crippen LogP contribution in [0.2, 0.25) is 0 Å². The summed E-state index contributed by atoms with van der Waals surface area (Å²) in [4.78, 5) is 12.0. The summed E-state index contributed by atoms with van der Waals surface area (Å²) in [5.41, 5.74) is 12.4. The Hall–Kier alpha value is -1.75. The van der Waals surface area contributed by atoms with Gasteiger partial charge >= 0.3 is 0 Å². The molecule has 1 aliphatic rings. The van der Waals surface area contributed by atoms with Crippen LogP contribution in [0, 0.1) is 5.41 Å². The third-order valence-electron chi connectivity index (χ3n) is 3.76. The van der Waals surface area contributed by atoms with Crippen molar-refractivity contribution >= 4 is 17.3 Å². The molecule has 6 N–H and O–H groups in total. The van der Waals surface area contributed by atoms with Gasteiger partial charge in [0.1, 0.15) is 0 Å². The summed E-state index contributed by atoms with van der Waals surface area (Å²) in [6.45, 7) is 3.86. The summed E-state index contributed by atoms with van der Waals surface area (Å²) in [6, 6.07) is 4.76. The van der Waals surface area contributed by atoms with Gasteiger partial charge in [-0.2, -0.15) is 0 Å². The summed E-state index contributed by atoms with van der Waals surface area (Å²) >= 11 is 0. The fraction of sp³-hybridized carbons (Fsp3) is 0.462. The van der Waals surface area contributed by atoms with Crippen molar-refractivity contribution in [2.75, 3.05) is 11.5 Å². The van der Waals surface area contributed by atoms with Gasteiger partial charge in [-0.1, -0.05) is 13.8 Å². The van der Waals surface area contributed by atoms with Crippen molar-refractivity contribution in [3.05, 3.63) is 23.8 Å². The Kier molecular flexibility index (Phi) is 2.94. The number of carbonyl (C=O) groups excluding carboxylic acids is 1. The van der Waals surface area contributed by atoms with Crippen LogP contribution in [0.4, 0.5) is 11.4 Å². The van der Waals surface area contributed by atoms with E-state index < -0.39 is 0 Å². The number of carbonyl (C=O) groups is 1. The number of aliphatic hydroxyl groups is 1. The number of hydrogen-bond acceptors (Lipinski definition) is 4. The predicted octanol–water partition coefficient (Wildman–Crippen LogP) is 0.740. The highest BCUT2D eigenvalue weighted by Crippen LogP contribution is 2.40. The first kappa shape index (κ1) is 12.7. The molecule has 0 aromatic heterocycles. The van der Waals surface area contributed by atoms with Crippen LogP contribution >= 0.6 is 0 Å². The van der Waals surface area contributed by atoms with E-state index in [1.54, 1.807) is 18.2 Å². The highest BCUT2D eigenvalue weighted by Gasteiger charge is 2.47. The van der Waals surface area contributed by atoms with Crippen molar-refractivity contribution in [2.24, 2.45) is 5.41 Å². The van der Waals surface area contributed by atoms with Crippen LogP contribution in [0.3, 0.4) is 0 Å². The van der Waals surface area contributed by atoms with E-state index in [9.17, 15) is 9.90 Å². The van der Waals surface area contributed by atoms with Gasteiger partial charge in [0.15, 0.2) is 0 Å². The molecule has 1 saturated carbocycles. The number of hydrogen-bond donors (Lipinski definition) is 4. The predicted molar refractivity (Wildman–Crippen MR) is 70.9 cm³/mol. The molecule has 18 heavy (non-hydrogen) atoms. The largest absolute Gasteiger partial charge is 0.399 e. The van der Waals surface area contributed by atoms with E-state index >= 15 is 0 Å². The monoisotopic (exact) mass is 249 g/mol. The van der Waals surface area contributed by atoms with Crippen LogP contribution in [0.15, 0.2) is 18.2 Å². The van der Waals surface area contributed by atoms with Crippen molar-refractivity contribution < 1.29 is 9.90 Å². The molecule has 1 fully saturated rings. The number of anilines is 2. The second kappa shape index (κ2) is 4.17. The molecule has 0 saturated heterocycles. The average molecular weight is 249 g/mol. The Balaban J connectivity index is 2.09. The van der Waals surface area contributed by atoms with Crippen molar-refractivity contribution in [3.63, 3.8) is 0 Å². The van der Waals surface area contributed by atoms with Crippen molar-refractivity contribution in [2.45, 2.75) is 32.4 Å². The van der Waals surface area contributed by atoms with Crippen molar-refractivity contribution in [1.29, 1.82) is 0 Å². The lowest BCUT2D eigenvalue weighted by Gasteiger charge is -2.49. The van der Waals surface area contributed by atoms with E-state index in [0.717, 1.165) is 0 Å².